The van der Waals surface area contributed by atoms with Crippen molar-refractivity contribution in [2.75, 3.05) is 0 Å². The van der Waals surface area contributed by atoms with E-state index in [1.807, 2.05) is 0 Å². The monoisotopic (exact) mass is 506 g/mol. The molecule has 0 aromatic heterocycles. The second kappa shape index (κ2) is 9.81. The highest BCUT2D eigenvalue weighted by Gasteiger charge is 2.47. The van der Waals surface area contributed by atoms with E-state index in [0.717, 1.165) is 47.4 Å². The molecule has 0 radical (unpaired) electrons. The van der Waals surface area contributed by atoms with Crippen LogP contribution in [0.3, 0.4) is 0 Å². The van der Waals surface area contributed by atoms with Crippen molar-refractivity contribution in [3.05, 3.63) is 0 Å². The first-order chi connectivity index (χ1) is 13.5. The van der Waals surface area contributed by atoms with Crippen molar-refractivity contribution in [2.45, 2.75) is 113 Å². The third-order valence-corrected chi connectivity index (χ3v) is 10.7. The molecule has 0 spiro atoms. The molecule has 0 bridgehead atoms. The van der Waals surface area contributed by atoms with Gasteiger partial charge in [-0.05, 0) is 118 Å². The van der Waals surface area contributed by atoms with Crippen LogP contribution in [0.4, 0.5) is 8.78 Å². The molecule has 0 aromatic rings. The van der Waals surface area contributed by atoms with Gasteiger partial charge in [-0.15, -0.1) is 0 Å². The summed E-state index contributed by atoms with van der Waals surface area (Å²) in [5, 5.41) is 0. The van der Waals surface area contributed by atoms with E-state index in [-0.39, 0.29) is 11.8 Å². The Bertz CT molecular complexity index is 473. The minimum atomic E-state index is -1.19. The summed E-state index contributed by atoms with van der Waals surface area (Å²) in [6, 6.07) is 0. The largest absolute Gasteiger partial charge is 0.244 e. The lowest BCUT2D eigenvalue weighted by atomic mass is 9.62. The van der Waals surface area contributed by atoms with E-state index in [1.165, 1.54) is 64.2 Å². The van der Waals surface area contributed by atoms with Gasteiger partial charge in [-0.2, -0.15) is 0 Å². The number of alkyl halides is 3. The topological polar surface area (TPSA) is 0 Å². The highest BCUT2D eigenvalue weighted by atomic mass is 127. The van der Waals surface area contributed by atoms with Crippen molar-refractivity contribution in [3.8, 4) is 0 Å². The van der Waals surface area contributed by atoms with Gasteiger partial charge in [-0.1, -0.05) is 42.4 Å². The van der Waals surface area contributed by atoms with Gasteiger partial charge in [-0.25, -0.2) is 8.78 Å². The maximum absolute atomic E-state index is 15.2. The Morgan fingerprint density at radius 2 is 0.857 bits per heavy atom. The summed E-state index contributed by atoms with van der Waals surface area (Å²) in [6.07, 6.45) is 14.7. The summed E-state index contributed by atoms with van der Waals surface area (Å²) in [5.74, 6) is 3.65. The summed E-state index contributed by atoms with van der Waals surface area (Å²) >= 11 is 2.53. The molecule has 28 heavy (non-hydrogen) atoms. The minimum absolute atomic E-state index is 0.00992. The van der Waals surface area contributed by atoms with Crippen molar-refractivity contribution in [3.63, 3.8) is 0 Å². The van der Waals surface area contributed by atoms with E-state index in [2.05, 4.69) is 29.5 Å². The SMILES string of the molecule is CC1CCC(C2CCC(C3CCC(C4CCC(I)CC4)C(F)C3F)CC2)CC1. The Kier molecular flexibility index (Phi) is 7.64. The number of halogens is 3. The van der Waals surface area contributed by atoms with E-state index in [0.29, 0.717) is 11.8 Å². The third-order valence-electron chi connectivity index (χ3n) is 9.41. The highest BCUT2D eigenvalue weighted by molar-refractivity contribution is 14.1. The van der Waals surface area contributed by atoms with Crippen LogP contribution in [0, 0.1) is 41.4 Å². The van der Waals surface area contributed by atoms with E-state index >= 15 is 8.78 Å². The molecule has 0 amide bonds. The first-order valence-electron chi connectivity index (χ1n) is 12.4. The quantitative estimate of drug-likeness (QED) is 0.267. The van der Waals surface area contributed by atoms with E-state index in [1.54, 1.807) is 0 Å². The fourth-order valence-electron chi connectivity index (χ4n) is 7.48. The van der Waals surface area contributed by atoms with Crippen LogP contribution in [0.1, 0.15) is 96.8 Å². The van der Waals surface area contributed by atoms with Gasteiger partial charge in [0.1, 0.15) is 12.3 Å². The van der Waals surface area contributed by atoms with Crippen molar-refractivity contribution >= 4 is 22.6 Å². The predicted octanol–water partition coefficient (Wildman–Crippen LogP) is 8.32. The maximum atomic E-state index is 15.2. The molecule has 0 aromatic carbocycles. The summed E-state index contributed by atoms with van der Waals surface area (Å²) in [4.78, 5) is 0. The van der Waals surface area contributed by atoms with Crippen LogP contribution in [0.5, 0.6) is 0 Å². The molecule has 4 fully saturated rings. The van der Waals surface area contributed by atoms with Gasteiger partial charge in [0.05, 0.1) is 0 Å². The first-order valence-corrected chi connectivity index (χ1v) is 13.7. The lowest BCUT2D eigenvalue weighted by molar-refractivity contribution is -0.0363. The predicted molar refractivity (Wildman–Crippen MR) is 122 cm³/mol. The molecular weight excluding hydrogens is 465 g/mol. The third kappa shape index (κ3) is 4.90. The zero-order chi connectivity index (χ0) is 19.7. The summed E-state index contributed by atoms with van der Waals surface area (Å²) in [7, 11) is 0. The summed E-state index contributed by atoms with van der Waals surface area (Å²) in [6.45, 7) is 2.39. The van der Waals surface area contributed by atoms with Crippen molar-refractivity contribution < 1.29 is 8.78 Å². The van der Waals surface area contributed by atoms with Gasteiger partial charge in [0.15, 0.2) is 0 Å². The van der Waals surface area contributed by atoms with Crippen LogP contribution in [0.15, 0.2) is 0 Å². The molecule has 4 saturated carbocycles. The van der Waals surface area contributed by atoms with Crippen LogP contribution in [-0.4, -0.2) is 16.3 Å². The molecule has 4 atom stereocenters. The number of hydrogen-bond acceptors (Lipinski definition) is 0. The molecule has 0 heterocycles. The Morgan fingerprint density at radius 1 is 0.500 bits per heavy atom. The average Bonchev–Trinajstić information content (AvgIpc) is 2.72. The van der Waals surface area contributed by atoms with Gasteiger partial charge >= 0.3 is 0 Å². The number of rotatable bonds is 3. The van der Waals surface area contributed by atoms with Gasteiger partial charge in [0.25, 0.3) is 0 Å². The van der Waals surface area contributed by atoms with Crippen molar-refractivity contribution in [2.24, 2.45) is 41.4 Å². The molecule has 3 heteroatoms. The molecule has 0 nitrogen and oxygen atoms in total. The van der Waals surface area contributed by atoms with E-state index in [9.17, 15) is 0 Å². The Hall–Kier alpha value is 0.590. The zero-order valence-corrected chi connectivity index (χ0v) is 20.0. The standard InChI is InChI=1S/C25H41F2I/c1-16-2-4-17(5-3-16)18-6-8-19(9-7-18)22-14-15-23(25(27)24(22)26)20-10-12-21(28)13-11-20/h16-25H,2-15H2,1H3. The summed E-state index contributed by atoms with van der Waals surface area (Å²) < 4.78 is 31.1. The molecule has 0 aliphatic heterocycles. The van der Waals surface area contributed by atoms with E-state index < -0.39 is 12.3 Å². The molecular formula is C25H41F2I. The summed E-state index contributed by atoms with van der Waals surface area (Å²) in [5.41, 5.74) is 0. The average molecular weight is 507 g/mol. The minimum Gasteiger partial charge on any atom is -0.244 e. The fourth-order valence-corrected chi connectivity index (χ4v) is 8.19. The van der Waals surface area contributed by atoms with Crippen LogP contribution in [0.2, 0.25) is 0 Å². The normalized spacial score (nSPS) is 51.0. The van der Waals surface area contributed by atoms with E-state index in [4.69, 9.17) is 0 Å². The van der Waals surface area contributed by atoms with Crippen molar-refractivity contribution in [1.82, 2.24) is 0 Å². The van der Waals surface area contributed by atoms with Gasteiger partial charge in [0, 0.05) is 3.92 Å². The molecule has 4 unspecified atom stereocenters. The zero-order valence-electron chi connectivity index (χ0n) is 17.8. The van der Waals surface area contributed by atoms with Crippen LogP contribution in [-0.2, 0) is 0 Å². The Morgan fingerprint density at radius 3 is 1.32 bits per heavy atom. The highest BCUT2D eigenvalue weighted by Crippen LogP contribution is 2.49. The van der Waals surface area contributed by atoms with Crippen LogP contribution >= 0.6 is 22.6 Å². The first kappa shape index (κ1) is 21.8. The van der Waals surface area contributed by atoms with Gasteiger partial charge in [-0.3, -0.25) is 0 Å². The molecule has 162 valence electrons. The van der Waals surface area contributed by atoms with Gasteiger partial charge in [0.2, 0.25) is 0 Å². The second-order valence-electron chi connectivity index (χ2n) is 11.0. The van der Waals surface area contributed by atoms with Crippen LogP contribution < -0.4 is 0 Å². The fraction of sp³-hybridized carbons (Fsp3) is 1.00. The van der Waals surface area contributed by atoms with Crippen molar-refractivity contribution in [1.29, 1.82) is 0 Å². The number of hydrogen-bond donors (Lipinski definition) is 0. The molecule has 4 aliphatic rings. The van der Waals surface area contributed by atoms with Crippen LogP contribution in [0.25, 0.3) is 0 Å². The molecule has 4 rings (SSSR count). The lowest BCUT2D eigenvalue weighted by Crippen LogP contribution is -2.45. The lowest BCUT2D eigenvalue weighted by Gasteiger charge is -2.45. The molecule has 0 saturated heterocycles. The second-order valence-corrected chi connectivity index (χ2v) is 12.8. The smallest absolute Gasteiger partial charge is 0.134 e. The molecule has 0 N–H and O–H groups in total. The Balaban J connectivity index is 1.27. The Labute approximate surface area is 185 Å². The maximum Gasteiger partial charge on any atom is 0.134 e. The molecule has 4 aliphatic carbocycles. The van der Waals surface area contributed by atoms with Gasteiger partial charge < -0.3 is 0 Å².